The number of nitrogens with two attached hydrogens (primary N) is 1. The maximum absolute atomic E-state index is 12.8. The topological polar surface area (TPSA) is 98.3 Å². The first kappa shape index (κ1) is 12.1. The number of hydrogen-bond acceptors (Lipinski definition) is 4. The Morgan fingerprint density at radius 1 is 1.62 bits per heavy atom. The Labute approximate surface area is 90.4 Å². The minimum Gasteiger partial charge on any atom is -0.320 e. The van der Waals surface area contributed by atoms with Crippen molar-refractivity contribution < 1.29 is 14.1 Å². The molecule has 0 bridgehead atoms. The van der Waals surface area contributed by atoms with Gasteiger partial charge in [-0.1, -0.05) is 0 Å². The Morgan fingerprint density at radius 2 is 2.25 bits per heavy atom. The van der Waals surface area contributed by atoms with Crippen LogP contribution in [-0.4, -0.2) is 16.9 Å². The third kappa shape index (κ3) is 2.74. The molecule has 6 nitrogen and oxygen atoms in total. The van der Waals surface area contributed by atoms with E-state index in [1.165, 1.54) is 6.92 Å². The molecule has 1 amide bonds. The zero-order valence-corrected chi connectivity index (χ0v) is 8.44. The molecule has 16 heavy (non-hydrogen) atoms. The molecule has 7 heteroatoms. The SMILES string of the molecule is CC(N)C(=O)Nc1ccc(F)cc1[N+](=O)[O-]. The lowest BCUT2D eigenvalue weighted by Gasteiger charge is -2.07. The van der Waals surface area contributed by atoms with Gasteiger partial charge in [0.15, 0.2) is 0 Å². The summed E-state index contributed by atoms with van der Waals surface area (Å²) in [6, 6.07) is 2.07. The largest absolute Gasteiger partial charge is 0.320 e. The zero-order valence-electron chi connectivity index (χ0n) is 8.44. The van der Waals surface area contributed by atoms with Gasteiger partial charge >= 0.3 is 0 Å². The maximum atomic E-state index is 12.8. The predicted octanol–water partition coefficient (Wildman–Crippen LogP) is 1.02. The summed E-state index contributed by atoms with van der Waals surface area (Å²) in [5.74, 6) is -1.32. The Kier molecular flexibility index (Phi) is 3.51. The number of nitro benzene ring substituents is 1. The highest BCUT2D eigenvalue weighted by Gasteiger charge is 2.18. The van der Waals surface area contributed by atoms with Gasteiger partial charge in [0.1, 0.15) is 11.5 Å². The van der Waals surface area contributed by atoms with E-state index in [0.717, 1.165) is 18.2 Å². The molecule has 0 aliphatic heterocycles. The molecule has 3 N–H and O–H groups in total. The lowest BCUT2D eigenvalue weighted by Crippen LogP contribution is -2.32. The molecule has 0 radical (unpaired) electrons. The predicted molar refractivity (Wildman–Crippen MR) is 55.3 cm³/mol. The van der Waals surface area contributed by atoms with Crippen molar-refractivity contribution in [1.29, 1.82) is 0 Å². The standard InChI is InChI=1S/C9H10FN3O3/c1-5(11)9(14)12-7-3-2-6(10)4-8(7)13(15)16/h2-5H,11H2,1H3,(H,12,14). The molecule has 1 unspecified atom stereocenters. The fourth-order valence-electron chi connectivity index (χ4n) is 1.01. The number of nitrogens with one attached hydrogen (secondary N) is 1. The number of nitrogens with zero attached hydrogens (tertiary/aromatic N) is 1. The Hall–Kier alpha value is -2.02. The van der Waals surface area contributed by atoms with Crippen LogP contribution in [0.3, 0.4) is 0 Å². The lowest BCUT2D eigenvalue weighted by molar-refractivity contribution is -0.384. The van der Waals surface area contributed by atoms with E-state index in [1.54, 1.807) is 0 Å². The van der Waals surface area contributed by atoms with Crippen LogP contribution in [0.5, 0.6) is 0 Å². The number of benzene rings is 1. The number of carbonyl (C=O) groups is 1. The number of hydrogen-bond donors (Lipinski definition) is 2. The van der Waals surface area contributed by atoms with E-state index in [1.807, 2.05) is 0 Å². The molecule has 1 aromatic rings. The second kappa shape index (κ2) is 4.67. The van der Waals surface area contributed by atoms with Crippen molar-refractivity contribution in [2.24, 2.45) is 5.73 Å². The maximum Gasteiger partial charge on any atom is 0.295 e. The first-order valence-corrected chi connectivity index (χ1v) is 4.42. The molecule has 0 spiro atoms. The summed E-state index contributed by atoms with van der Waals surface area (Å²) in [5, 5.41) is 12.8. The second-order valence-corrected chi connectivity index (χ2v) is 3.20. The molecule has 0 heterocycles. The number of rotatable bonds is 3. The van der Waals surface area contributed by atoms with Crippen molar-refractivity contribution in [2.45, 2.75) is 13.0 Å². The normalized spacial score (nSPS) is 11.9. The fraction of sp³-hybridized carbons (Fsp3) is 0.222. The van der Waals surface area contributed by atoms with Crippen LogP contribution in [0.4, 0.5) is 15.8 Å². The minimum atomic E-state index is -0.801. The van der Waals surface area contributed by atoms with E-state index >= 15 is 0 Å². The third-order valence-electron chi connectivity index (χ3n) is 1.83. The number of nitro groups is 1. The summed E-state index contributed by atoms with van der Waals surface area (Å²) < 4.78 is 12.8. The van der Waals surface area contributed by atoms with Gasteiger partial charge < -0.3 is 11.1 Å². The Balaban J connectivity index is 3.04. The van der Waals surface area contributed by atoms with Crippen LogP contribution >= 0.6 is 0 Å². The molecule has 0 saturated carbocycles. The highest BCUT2D eigenvalue weighted by molar-refractivity contribution is 5.96. The van der Waals surface area contributed by atoms with Crippen LogP contribution in [0.2, 0.25) is 0 Å². The van der Waals surface area contributed by atoms with E-state index in [0.29, 0.717) is 0 Å². The van der Waals surface area contributed by atoms with E-state index in [9.17, 15) is 19.3 Å². The monoisotopic (exact) mass is 227 g/mol. The van der Waals surface area contributed by atoms with E-state index in [-0.39, 0.29) is 5.69 Å². The Bertz CT molecular complexity index is 434. The number of amides is 1. The summed E-state index contributed by atoms with van der Waals surface area (Å²) in [7, 11) is 0. The third-order valence-corrected chi connectivity index (χ3v) is 1.83. The van der Waals surface area contributed by atoms with Crippen LogP contribution in [0.25, 0.3) is 0 Å². The van der Waals surface area contributed by atoms with E-state index in [4.69, 9.17) is 5.73 Å². The molecule has 0 fully saturated rings. The highest BCUT2D eigenvalue weighted by Crippen LogP contribution is 2.24. The average molecular weight is 227 g/mol. The summed E-state index contributed by atoms with van der Waals surface area (Å²) >= 11 is 0. The first-order chi connectivity index (χ1) is 7.41. The fourth-order valence-corrected chi connectivity index (χ4v) is 1.01. The second-order valence-electron chi connectivity index (χ2n) is 3.20. The van der Waals surface area contributed by atoms with Crippen LogP contribution in [0.15, 0.2) is 18.2 Å². The van der Waals surface area contributed by atoms with E-state index < -0.39 is 28.4 Å². The molecule has 0 aliphatic rings. The number of carbonyl (C=O) groups excluding carboxylic acids is 1. The summed E-state index contributed by atoms with van der Waals surface area (Å²) in [6.45, 7) is 1.44. The van der Waals surface area contributed by atoms with Gasteiger partial charge in [0.05, 0.1) is 17.0 Å². The minimum absolute atomic E-state index is 0.0753. The molecule has 1 rings (SSSR count). The van der Waals surface area contributed by atoms with Gasteiger partial charge in [0, 0.05) is 0 Å². The molecule has 0 aromatic heterocycles. The van der Waals surface area contributed by atoms with Crippen LogP contribution in [-0.2, 0) is 4.79 Å². The molecule has 0 aliphatic carbocycles. The van der Waals surface area contributed by atoms with Crippen molar-refractivity contribution in [3.8, 4) is 0 Å². The lowest BCUT2D eigenvalue weighted by atomic mass is 10.2. The quantitative estimate of drug-likeness (QED) is 0.594. The smallest absolute Gasteiger partial charge is 0.295 e. The van der Waals surface area contributed by atoms with Gasteiger partial charge in [0.25, 0.3) is 5.69 Å². The van der Waals surface area contributed by atoms with Crippen molar-refractivity contribution in [3.63, 3.8) is 0 Å². The van der Waals surface area contributed by atoms with Crippen LogP contribution < -0.4 is 11.1 Å². The first-order valence-electron chi connectivity index (χ1n) is 4.42. The van der Waals surface area contributed by atoms with Gasteiger partial charge in [-0.25, -0.2) is 4.39 Å². The van der Waals surface area contributed by atoms with Crippen molar-refractivity contribution >= 4 is 17.3 Å². The summed E-state index contributed by atoms with van der Waals surface area (Å²) in [5.41, 5.74) is 4.70. The highest BCUT2D eigenvalue weighted by atomic mass is 19.1. The molecule has 1 aromatic carbocycles. The van der Waals surface area contributed by atoms with Crippen molar-refractivity contribution in [1.82, 2.24) is 0 Å². The van der Waals surface area contributed by atoms with Gasteiger partial charge in [-0.15, -0.1) is 0 Å². The molecule has 86 valence electrons. The number of anilines is 1. The van der Waals surface area contributed by atoms with Crippen molar-refractivity contribution in [3.05, 3.63) is 34.1 Å². The summed E-state index contributed by atoms with van der Waals surface area (Å²) in [4.78, 5) is 21.0. The van der Waals surface area contributed by atoms with Crippen LogP contribution in [0, 0.1) is 15.9 Å². The van der Waals surface area contributed by atoms with Gasteiger partial charge in [-0.3, -0.25) is 14.9 Å². The number of halogens is 1. The molecule has 1 atom stereocenters. The zero-order chi connectivity index (χ0) is 12.3. The van der Waals surface area contributed by atoms with Gasteiger partial charge in [0.2, 0.25) is 5.91 Å². The van der Waals surface area contributed by atoms with Gasteiger partial charge in [-0.2, -0.15) is 0 Å². The van der Waals surface area contributed by atoms with Gasteiger partial charge in [-0.05, 0) is 19.1 Å². The van der Waals surface area contributed by atoms with Crippen LogP contribution in [0.1, 0.15) is 6.92 Å². The molecule has 0 saturated heterocycles. The summed E-state index contributed by atoms with van der Waals surface area (Å²) in [6.07, 6.45) is 0. The average Bonchev–Trinajstić information content (AvgIpc) is 2.20. The van der Waals surface area contributed by atoms with Crippen molar-refractivity contribution in [2.75, 3.05) is 5.32 Å². The molecular weight excluding hydrogens is 217 g/mol. The Morgan fingerprint density at radius 3 is 2.75 bits per heavy atom. The molecular formula is C9H10FN3O3. The van der Waals surface area contributed by atoms with E-state index in [2.05, 4.69) is 5.32 Å².